The lowest BCUT2D eigenvalue weighted by Gasteiger charge is -2.16. The Morgan fingerprint density at radius 1 is 1.25 bits per heavy atom. The number of rotatable bonds is 9. The van der Waals surface area contributed by atoms with E-state index in [1.807, 2.05) is 37.3 Å². The van der Waals surface area contributed by atoms with Crippen molar-refractivity contribution < 1.29 is 14.3 Å². The van der Waals surface area contributed by atoms with Crippen molar-refractivity contribution in [3.63, 3.8) is 0 Å². The number of nitrogens with one attached hydrogen (secondary N) is 2. The van der Waals surface area contributed by atoms with Crippen molar-refractivity contribution in [2.75, 3.05) is 33.4 Å². The molecular weight excluding hydrogens is 256 g/mol. The molecule has 0 saturated carbocycles. The molecule has 0 heterocycles. The Bertz CT molecular complexity index is 371. The molecule has 5 heteroatoms. The molecule has 0 spiro atoms. The van der Waals surface area contributed by atoms with Crippen molar-refractivity contribution >= 4 is 6.03 Å². The molecule has 0 aliphatic carbocycles. The number of carbonyl (C=O) groups is 1. The summed E-state index contributed by atoms with van der Waals surface area (Å²) in [6.45, 7) is 4.38. The summed E-state index contributed by atoms with van der Waals surface area (Å²) in [4.78, 5) is 11.6. The molecule has 20 heavy (non-hydrogen) atoms. The summed E-state index contributed by atoms with van der Waals surface area (Å²) in [5.41, 5.74) is 1.05. The molecule has 5 nitrogen and oxygen atoms in total. The second kappa shape index (κ2) is 10.2. The zero-order valence-corrected chi connectivity index (χ0v) is 12.2. The second-order valence-corrected chi connectivity index (χ2v) is 4.32. The molecule has 112 valence electrons. The molecule has 0 aliphatic heterocycles. The van der Waals surface area contributed by atoms with Gasteiger partial charge in [0, 0.05) is 33.4 Å². The normalized spacial score (nSPS) is 11.9. The van der Waals surface area contributed by atoms with Crippen LogP contribution < -0.4 is 10.6 Å². The molecule has 1 aromatic carbocycles. The number of methoxy groups -OCH3 is 1. The largest absolute Gasteiger partial charge is 0.382 e. The predicted molar refractivity (Wildman–Crippen MR) is 78.7 cm³/mol. The Balaban J connectivity index is 2.22. The molecule has 1 atom stereocenters. The lowest BCUT2D eigenvalue weighted by Crippen LogP contribution is -2.38. The van der Waals surface area contributed by atoms with E-state index in [0.29, 0.717) is 26.3 Å². The smallest absolute Gasteiger partial charge is 0.314 e. The monoisotopic (exact) mass is 280 g/mol. The van der Waals surface area contributed by atoms with Crippen LogP contribution in [0.25, 0.3) is 0 Å². The standard InChI is InChI=1S/C15H24N2O3/c1-3-20-11-7-10-16-15(18)17-12-14(19-2)13-8-5-4-6-9-13/h4-6,8-9,14H,3,7,10-12H2,1-2H3,(H2,16,17,18). The van der Waals surface area contributed by atoms with Gasteiger partial charge in [-0.05, 0) is 18.9 Å². The third kappa shape index (κ3) is 6.54. The van der Waals surface area contributed by atoms with Gasteiger partial charge in [0.2, 0.25) is 0 Å². The van der Waals surface area contributed by atoms with Crippen LogP contribution in [0, 0.1) is 0 Å². The molecule has 1 rings (SSSR count). The summed E-state index contributed by atoms with van der Waals surface area (Å²) in [7, 11) is 1.64. The molecule has 0 saturated heterocycles. The topological polar surface area (TPSA) is 59.6 Å². The first kappa shape index (κ1) is 16.5. The maximum absolute atomic E-state index is 11.6. The molecule has 1 aromatic rings. The van der Waals surface area contributed by atoms with E-state index < -0.39 is 0 Å². The maximum Gasteiger partial charge on any atom is 0.314 e. The number of amides is 2. The molecule has 0 fully saturated rings. The van der Waals surface area contributed by atoms with Crippen LogP contribution in [0.1, 0.15) is 25.0 Å². The summed E-state index contributed by atoms with van der Waals surface area (Å²) in [5, 5.41) is 5.59. The van der Waals surface area contributed by atoms with Crippen LogP contribution >= 0.6 is 0 Å². The molecule has 0 aromatic heterocycles. The van der Waals surface area contributed by atoms with Gasteiger partial charge >= 0.3 is 6.03 Å². The molecular formula is C15H24N2O3. The van der Waals surface area contributed by atoms with Crippen molar-refractivity contribution in [2.45, 2.75) is 19.4 Å². The molecule has 0 aliphatic rings. The van der Waals surface area contributed by atoms with Crippen LogP contribution in [0.3, 0.4) is 0 Å². The van der Waals surface area contributed by atoms with E-state index in [4.69, 9.17) is 9.47 Å². The van der Waals surface area contributed by atoms with Crippen molar-refractivity contribution in [3.8, 4) is 0 Å². The first-order valence-electron chi connectivity index (χ1n) is 6.95. The highest BCUT2D eigenvalue weighted by Crippen LogP contribution is 2.14. The fourth-order valence-corrected chi connectivity index (χ4v) is 1.77. The predicted octanol–water partition coefficient (Wildman–Crippen LogP) is 2.10. The van der Waals surface area contributed by atoms with Crippen LogP contribution in [0.2, 0.25) is 0 Å². The first-order chi connectivity index (χ1) is 9.77. The molecule has 2 N–H and O–H groups in total. The summed E-state index contributed by atoms with van der Waals surface area (Å²) in [5.74, 6) is 0. The number of benzene rings is 1. The molecule has 2 amide bonds. The van der Waals surface area contributed by atoms with Gasteiger partial charge in [-0.15, -0.1) is 0 Å². The highest BCUT2D eigenvalue weighted by Gasteiger charge is 2.11. The minimum absolute atomic E-state index is 0.134. The summed E-state index contributed by atoms with van der Waals surface area (Å²) in [6, 6.07) is 9.64. The van der Waals surface area contributed by atoms with Crippen LogP contribution in [0.4, 0.5) is 4.79 Å². The number of hydrogen-bond acceptors (Lipinski definition) is 3. The van der Waals surface area contributed by atoms with E-state index in [1.54, 1.807) is 7.11 Å². The lowest BCUT2D eigenvalue weighted by atomic mass is 10.1. The van der Waals surface area contributed by atoms with Gasteiger partial charge in [0.05, 0.1) is 6.10 Å². The molecule has 0 bridgehead atoms. The molecule has 0 radical (unpaired) electrons. The summed E-state index contributed by atoms with van der Waals surface area (Å²) >= 11 is 0. The number of urea groups is 1. The van der Waals surface area contributed by atoms with Gasteiger partial charge in [0.25, 0.3) is 0 Å². The summed E-state index contributed by atoms with van der Waals surface area (Å²) in [6.07, 6.45) is 0.679. The molecule has 1 unspecified atom stereocenters. The number of hydrogen-bond donors (Lipinski definition) is 2. The first-order valence-corrected chi connectivity index (χ1v) is 6.95. The fourth-order valence-electron chi connectivity index (χ4n) is 1.77. The number of ether oxygens (including phenoxy) is 2. The van der Waals surface area contributed by atoms with Crippen LogP contribution in [-0.4, -0.2) is 39.4 Å². The minimum atomic E-state index is -0.181. The summed E-state index contributed by atoms with van der Waals surface area (Å²) < 4.78 is 10.6. The number of carbonyl (C=O) groups excluding carboxylic acids is 1. The van der Waals surface area contributed by atoms with Gasteiger partial charge in [-0.2, -0.15) is 0 Å². The van der Waals surface area contributed by atoms with Gasteiger partial charge in [-0.3, -0.25) is 0 Å². The van der Waals surface area contributed by atoms with Gasteiger partial charge < -0.3 is 20.1 Å². The van der Waals surface area contributed by atoms with Crippen molar-refractivity contribution in [3.05, 3.63) is 35.9 Å². The minimum Gasteiger partial charge on any atom is -0.382 e. The highest BCUT2D eigenvalue weighted by atomic mass is 16.5. The van der Waals surface area contributed by atoms with Gasteiger partial charge in [0.15, 0.2) is 0 Å². The van der Waals surface area contributed by atoms with Crippen molar-refractivity contribution in [1.29, 1.82) is 0 Å². The van der Waals surface area contributed by atoms with Crippen LogP contribution in [0.15, 0.2) is 30.3 Å². The quantitative estimate of drug-likeness (QED) is 0.681. The second-order valence-electron chi connectivity index (χ2n) is 4.32. The Hall–Kier alpha value is -1.59. The third-order valence-electron chi connectivity index (χ3n) is 2.86. The average molecular weight is 280 g/mol. The highest BCUT2D eigenvalue weighted by molar-refractivity contribution is 5.73. The van der Waals surface area contributed by atoms with Crippen molar-refractivity contribution in [2.24, 2.45) is 0 Å². The van der Waals surface area contributed by atoms with E-state index >= 15 is 0 Å². The van der Waals surface area contributed by atoms with E-state index in [0.717, 1.165) is 12.0 Å². The lowest BCUT2D eigenvalue weighted by molar-refractivity contribution is 0.104. The Kier molecular flexibility index (Phi) is 8.42. The zero-order chi connectivity index (χ0) is 14.6. The SMILES string of the molecule is CCOCCCNC(=O)NCC(OC)c1ccccc1. The van der Waals surface area contributed by atoms with E-state index in [1.165, 1.54) is 0 Å². The zero-order valence-electron chi connectivity index (χ0n) is 12.2. The Morgan fingerprint density at radius 3 is 2.65 bits per heavy atom. The van der Waals surface area contributed by atoms with Crippen LogP contribution in [0.5, 0.6) is 0 Å². The Labute approximate surface area is 120 Å². The Morgan fingerprint density at radius 2 is 2.00 bits per heavy atom. The van der Waals surface area contributed by atoms with Gasteiger partial charge in [0.1, 0.15) is 0 Å². The van der Waals surface area contributed by atoms with Gasteiger partial charge in [-0.25, -0.2) is 4.79 Å². The van der Waals surface area contributed by atoms with Crippen LogP contribution in [-0.2, 0) is 9.47 Å². The maximum atomic E-state index is 11.6. The van der Waals surface area contributed by atoms with E-state index in [2.05, 4.69) is 10.6 Å². The average Bonchev–Trinajstić information content (AvgIpc) is 2.49. The fraction of sp³-hybridized carbons (Fsp3) is 0.533. The van der Waals surface area contributed by atoms with Gasteiger partial charge in [-0.1, -0.05) is 30.3 Å². The van der Waals surface area contributed by atoms with E-state index in [9.17, 15) is 4.79 Å². The van der Waals surface area contributed by atoms with Crippen molar-refractivity contribution in [1.82, 2.24) is 10.6 Å². The third-order valence-corrected chi connectivity index (χ3v) is 2.86. The van der Waals surface area contributed by atoms with E-state index in [-0.39, 0.29) is 12.1 Å².